The maximum absolute atomic E-state index is 14.1. The normalized spacial score (nSPS) is 21.6. The third kappa shape index (κ3) is 12.3. The number of likely N-dealkylation sites (tertiary alicyclic amines) is 1. The molecular formula is C53H66F3N9O7S. The molecule has 4 heterocycles. The minimum absolute atomic E-state index is 0.00951. The second-order valence-corrected chi connectivity index (χ2v) is 22.4. The lowest BCUT2D eigenvalue weighted by atomic mass is 9.49. The van der Waals surface area contributed by atoms with Crippen molar-refractivity contribution in [1.29, 1.82) is 5.26 Å². The first kappa shape index (κ1) is 54.6. The zero-order valence-electron chi connectivity index (χ0n) is 42.8. The van der Waals surface area contributed by atoms with Crippen LogP contribution in [0.5, 0.6) is 5.75 Å². The average Bonchev–Trinajstić information content (AvgIpc) is 3.97. The quantitative estimate of drug-likeness (QED) is 0.0887. The molecule has 4 atom stereocenters. The number of nitrogens with one attached hydrogen (secondary N) is 3. The number of pyridine rings is 1. The van der Waals surface area contributed by atoms with Gasteiger partial charge in [-0.25, -0.2) is 9.97 Å². The number of hydrogen-bond donors (Lipinski definition) is 4. The van der Waals surface area contributed by atoms with E-state index in [0.717, 1.165) is 33.8 Å². The van der Waals surface area contributed by atoms with Gasteiger partial charge in [-0.3, -0.25) is 24.1 Å². The Labute approximate surface area is 428 Å². The van der Waals surface area contributed by atoms with Crippen molar-refractivity contribution in [1.82, 2.24) is 35.7 Å². The van der Waals surface area contributed by atoms with Crippen LogP contribution in [0.25, 0.3) is 10.4 Å². The first-order valence-corrected chi connectivity index (χ1v) is 25.4. The number of aliphatic hydroxyl groups is 1. The number of alkyl halides is 3. The number of rotatable bonds is 16. The second kappa shape index (κ2) is 21.8. The van der Waals surface area contributed by atoms with Gasteiger partial charge in [-0.05, 0) is 60.7 Å². The number of β-amino-alcohol motifs (C(OH)–C–C–N with tert-alkyl or cyclic N) is 1. The molecule has 1 aliphatic carbocycles. The summed E-state index contributed by atoms with van der Waals surface area (Å²) in [7, 11) is 0. The Balaban J connectivity index is 0.836. The van der Waals surface area contributed by atoms with Crippen molar-refractivity contribution in [2.45, 2.75) is 111 Å². The number of benzene rings is 2. The van der Waals surface area contributed by atoms with Crippen LogP contribution in [0.1, 0.15) is 101 Å². The monoisotopic (exact) mass is 1030 g/mol. The molecule has 3 fully saturated rings. The molecule has 0 bridgehead atoms. The van der Waals surface area contributed by atoms with Crippen molar-refractivity contribution >= 4 is 40.8 Å². The molecule has 1 saturated carbocycles. The maximum atomic E-state index is 14.1. The van der Waals surface area contributed by atoms with Gasteiger partial charge in [-0.1, -0.05) is 72.7 Å². The summed E-state index contributed by atoms with van der Waals surface area (Å²) in [6.07, 6.45) is -4.57. The highest BCUT2D eigenvalue weighted by atomic mass is 32.1. The van der Waals surface area contributed by atoms with Gasteiger partial charge in [0.15, 0.2) is 0 Å². The Bertz CT molecular complexity index is 2660. The summed E-state index contributed by atoms with van der Waals surface area (Å²) in [5.74, 6) is -0.962. The van der Waals surface area contributed by atoms with E-state index >= 15 is 0 Å². The number of carbonyl (C=O) groups excluding carboxylic acids is 4. The van der Waals surface area contributed by atoms with Crippen LogP contribution in [-0.4, -0.2) is 131 Å². The van der Waals surface area contributed by atoms with Gasteiger partial charge in [0, 0.05) is 68.8 Å². The van der Waals surface area contributed by atoms with Crippen LogP contribution in [0.4, 0.5) is 19.0 Å². The van der Waals surface area contributed by atoms with E-state index in [1.807, 2.05) is 86.6 Å². The molecule has 2 saturated heterocycles. The molecule has 3 aliphatic rings. The SMILES string of the molecule is Cc1ncsc1-c1ccc([C@H](C)NC(=O)[C@@H]2C[C@@H](O)CN2C(=O)C(NC(=O)COCCN2CCN(c3ccc(C(=O)NC4C(C)(C)C(Oc5ccc(C#N)c(C(F)(F)F)c5)C4(C)C)cn3)CC2)C(C)(C)C)cc1. The first-order valence-electron chi connectivity index (χ1n) is 24.5. The van der Waals surface area contributed by atoms with E-state index in [1.165, 1.54) is 17.2 Å². The number of ether oxygens (including phenoxy) is 2. The molecule has 20 heteroatoms. The molecule has 2 aromatic heterocycles. The average molecular weight is 1030 g/mol. The van der Waals surface area contributed by atoms with Crippen molar-refractivity contribution < 1.29 is 46.9 Å². The van der Waals surface area contributed by atoms with E-state index < -0.39 is 69.7 Å². The molecule has 0 radical (unpaired) electrons. The Morgan fingerprint density at radius 2 is 1.64 bits per heavy atom. The second-order valence-electron chi connectivity index (χ2n) is 21.5. The number of halogens is 3. The molecule has 73 heavy (non-hydrogen) atoms. The van der Waals surface area contributed by atoms with E-state index in [0.29, 0.717) is 44.1 Å². The zero-order valence-corrected chi connectivity index (χ0v) is 43.6. The van der Waals surface area contributed by atoms with Crippen molar-refractivity contribution in [2.75, 3.05) is 57.4 Å². The highest BCUT2D eigenvalue weighted by Gasteiger charge is 2.64. The Hall–Kier alpha value is -6.14. The van der Waals surface area contributed by atoms with Crippen LogP contribution in [0.3, 0.4) is 0 Å². The van der Waals surface area contributed by atoms with Gasteiger partial charge >= 0.3 is 6.18 Å². The fraction of sp³-hybridized carbons (Fsp3) is 0.528. The van der Waals surface area contributed by atoms with Crippen LogP contribution < -0.4 is 25.6 Å². The van der Waals surface area contributed by atoms with E-state index in [4.69, 9.17) is 9.47 Å². The van der Waals surface area contributed by atoms with Gasteiger partial charge in [0.2, 0.25) is 17.7 Å². The summed E-state index contributed by atoms with van der Waals surface area (Å²) >= 11 is 1.56. The van der Waals surface area contributed by atoms with E-state index in [9.17, 15) is 42.7 Å². The molecule has 7 rings (SSSR count). The number of aliphatic hydroxyl groups excluding tert-OH is 1. The van der Waals surface area contributed by atoms with Gasteiger partial charge < -0.3 is 40.3 Å². The lowest BCUT2D eigenvalue weighted by Crippen LogP contribution is -2.74. The molecular weight excluding hydrogens is 964 g/mol. The number of anilines is 1. The van der Waals surface area contributed by atoms with Gasteiger partial charge in [0.25, 0.3) is 5.91 Å². The minimum Gasteiger partial charge on any atom is -0.489 e. The minimum atomic E-state index is -4.72. The fourth-order valence-electron chi connectivity index (χ4n) is 10.6. The molecule has 16 nitrogen and oxygen atoms in total. The third-order valence-corrected chi connectivity index (χ3v) is 15.3. The summed E-state index contributed by atoms with van der Waals surface area (Å²) in [5, 5.41) is 28.8. The number of nitrogens with zero attached hydrogens (tertiary/aromatic N) is 6. The van der Waals surface area contributed by atoms with Crippen molar-refractivity contribution in [3.8, 4) is 22.3 Å². The number of carbonyl (C=O) groups is 4. The summed E-state index contributed by atoms with van der Waals surface area (Å²) in [5.41, 5.74) is 1.43. The Kier molecular flexibility index (Phi) is 16.3. The Morgan fingerprint density at radius 1 is 0.959 bits per heavy atom. The van der Waals surface area contributed by atoms with Crippen LogP contribution in [0.2, 0.25) is 0 Å². The molecule has 2 aromatic carbocycles. The van der Waals surface area contributed by atoms with E-state index in [2.05, 4.69) is 35.7 Å². The predicted octanol–water partition coefficient (Wildman–Crippen LogP) is 6.52. The maximum Gasteiger partial charge on any atom is 0.417 e. The number of nitriles is 1. The summed E-state index contributed by atoms with van der Waals surface area (Å²) in [4.78, 5) is 70.3. The van der Waals surface area contributed by atoms with Gasteiger partial charge in [0.05, 0.1) is 57.6 Å². The third-order valence-electron chi connectivity index (χ3n) is 14.3. The lowest BCUT2D eigenvalue weighted by Gasteiger charge is -2.63. The van der Waals surface area contributed by atoms with Crippen LogP contribution in [-0.2, 0) is 25.3 Å². The van der Waals surface area contributed by atoms with Crippen LogP contribution >= 0.6 is 11.3 Å². The van der Waals surface area contributed by atoms with Crippen LogP contribution in [0.15, 0.2) is 66.3 Å². The topological polar surface area (TPSA) is 202 Å². The van der Waals surface area contributed by atoms with E-state index in [1.54, 1.807) is 35.0 Å². The molecule has 4 N–H and O–H groups in total. The highest BCUT2D eigenvalue weighted by Crippen LogP contribution is 2.56. The Morgan fingerprint density at radius 3 is 2.23 bits per heavy atom. The number of aromatic nitrogens is 2. The lowest BCUT2D eigenvalue weighted by molar-refractivity contribution is -0.164. The number of hydrogen-bond acceptors (Lipinski definition) is 13. The fourth-order valence-corrected chi connectivity index (χ4v) is 11.4. The zero-order chi connectivity index (χ0) is 53.2. The van der Waals surface area contributed by atoms with Gasteiger partial charge in [0.1, 0.15) is 36.4 Å². The summed E-state index contributed by atoms with van der Waals surface area (Å²) in [6, 6.07) is 13.6. The van der Waals surface area contributed by atoms with Gasteiger partial charge in [-0.2, -0.15) is 18.4 Å². The first-order chi connectivity index (χ1) is 34.3. The van der Waals surface area contributed by atoms with E-state index in [-0.39, 0.29) is 55.8 Å². The number of aryl methyl sites for hydroxylation is 1. The summed E-state index contributed by atoms with van der Waals surface area (Å²) in [6.45, 7) is 20.1. The summed E-state index contributed by atoms with van der Waals surface area (Å²) < 4.78 is 52.8. The number of amides is 4. The van der Waals surface area contributed by atoms with Crippen LogP contribution in [0, 0.1) is 34.5 Å². The highest BCUT2D eigenvalue weighted by molar-refractivity contribution is 7.13. The molecule has 2 aliphatic heterocycles. The van der Waals surface area contributed by atoms with Crippen molar-refractivity contribution in [2.24, 2.45) is 16.2 Å². The standard InChI is InChI=1S/C53H66F3N9O7S/c1-31(33-10-12-34(13-11-33)43-32(2)59-30-73-43)60-46(69)40-24-37(66)28-65(40)47(70)44(50(3,4)5)61-42(67)29-71-23-22-63-18-20-64(21-19-63)41-17-15-36(27-58-41)45(68)62-48-51(6,7)49(52(48,8)9)72-38-16-14-35(26-57)39(25-38)53(54,55)56/h10-17,25,27,30-31,37,40,44,48-49,66H,18-24,28-29H2,1-9H3,(H,60,69)(H,61,67)(H,62,68)/t31-,37+,40-,44?,48?,49?/m0/s1. The number of piperazine rings is 1. The van der Waals surface area contributed by atoms with Crippen molar-refractivity contribution in [3.63, 3.8) is 0 Å². The molecule has 4 amide bonds. The molecule has 1 unspecified atom stereocenters. The van der Waals surface area contributed by atoms with Crippen molar-refractivity contribution in [3.05, 3.63) is 94.3 Å². The van der Waals surface area contributed by atoms with Gasteiger partial charge in [-0.15, -0.1) is 11.3 Å². The largest absolute Gasteiger partial charge is 0.489 e. The predicted molar refractivity (Wildman–Crippen MR) is 269 cm³/mol. The smallest absolute Gasteiger partial charge is 0.417 e. The molecule has 4 aromatic rings. The molecule has 392 valence electrons. The molecule has 0 spiro atoms. The number of thiazole rings is 1.